The van der Waals surface area contributed by atoms with Crippen molar-refractivity contribution in [3.05, 3.63) is 33.8 Å². The van der Waals surface area contributed by atoms with Crippen molar-refractivity contribution < 1.29 is 23.9 Å². The summed E-state index contributed by atoms with van der Waals surface area (Å²) < 4.78 is 5.05. The quantitative estimate of drug-likeness (QED) is 0.731. The molecule has 3 amide bonds. The Hall–Kier alpha value is -1.77. The molecule has 1 heterocycles. The highest BCUT2D eigenvalue weighted by Gasteiger charge is 2.29. The van der Waals surface area contributed by atoms with Crippen LogP contribution in [-0.4, -0.2) is 52.9 Å². The number of thioether (sulfide) groups is 1. The summed E-state index contributed by atoms with van der Waals surface area (Å²) in [5.74, 6) is -1.43. The van der Waals surface area contributed by atoms with Crippen LogP contribution in [0.1, 0.15) is 17.3 Å². The zero-order valence-corrected chi connectivity index (χ0v) is 15.4. The Morgan fingerprint density at radius 1 is 1.32 bits per heavy atom. The average Bonchev–Trinajstić information content (AvgIpc) is 2.88. The van der Waals surface area contributed by atoms with E-state index >= 15 is 0 Å². The van der Waals surface area contributed by atoms with Gasteiger partial charge in [0.2, 0.25) is 5.91 Å². The maximum Gasteiger partial charge on any atom is 0.338 e. The SMILES string of the molecule is C[C@H](OC(=O)c1ccc(Cl)c(Cl)c1)C(=O)NCCN1C(=O)CSC1=O. The second-order valence-corrected chi connectivity index (χ2v) is 6.81. The molecule has 134 valence electrons. The lowest BCUT2D eigenvalue weighted by Gasteiger charge is -2.16. The minimum atomic E-state index is -1.05. The first-order valence-electron chi connectivity index (χ1n) is 7.20. The van der Waals surface area contributed by atoms with Crippen LogP contribution < -0.4 is 5.32 Å². The Morgan fingerprint density at radius 2 is 2.04 bits per heavy atom. The van der Waals surface area contributed by atoms with Crippen LogP contribution in [0.4, 0.5) is 4.79 Å². The summed E-state index contributed by atoms with van der Waals surface area (Å²) in [5, 5.41) is 2.67. The van der Waals surface area contributed by atoms with Gasteiger partial charge in [-0.2, -0.15) is 0 Å². The maximum absolute atomic E-state index is 12.0. The first-order valence-corrected chi connectivity index (χ1v) is 8.94. The molecule has 1 aromatic carbocycles. The van der Waals surface area contributed by atoms with Crippen LogP contribution in [0.15, 0.2) is 18.2 Å². The van der Waals surface area contributed by atoms with E-state index in [1.807, 2.05) is 0 Å². The molecule has 2 rings (SSSR count). The van der Waals surface area contributed by atoms with Gasteiger partial charge in [-0.3, -0.25) is 19.3 Å². The van der Waals surface area contributed by atoms with Gasteiger partial charge >= 0.3 is 5.97 Å². The van der Waals surface area contributed by atoms with Gasteiger partial charge in [0.1, 0.15) is 0 Å². The number of hydrogen-bond acceptors (Lipinski definition) is 6. The molecule has 1 aliphatic heterocycles. The van der Waals surface area contributed by atoms with E-state index in [9.17, 15) is 19.2 Å². The normalized spacial score (nSPS) is 15.2. The molecule has 25 heavy (non-hydrogen) atoms. The van der Waals surface area contributed by atoms with E-state index in [2.05, 4.69) is 5.32 Å². The molecular weight excluding hydrogens is 391 g/mol. The molecule has 10 heteroatoms. The lowest BCUT2D eigenvalue weighted by atomic mass is 10.2. The van der Waals surface area contributed by atoms with Crippen LogP contribution >= 0.6 is 35.0 Å². The topological polar surface area (TPSA) is 92.8 Å². The Kier molecular flexibility index (Phi) is 6.69. The molecule has 0 aliphatic carbocycles. The van der Waals surface area contributed by atoms with Gasteiger partial charge in [0, 0.05) is 13.1 Å². The number of ether oxygens (including phenoxy) is 1. The largest absolute Gasteiger partial charge is 0.449 e. The number of amides is 3. The summed E-state index contributed by atoms with van der Waals surface area (Å²) in [6, 6.07) is 4.23. The maximum atomic E-state index is 12.0. The number of rotatable bonds is 6. The second-order valence-electron chi connectivity index (χ2n) is 5.07. The predicted molar refractivity (Wildman–Crippen MR) is 93.9 cm³/mol. The van der Waals surface area contributed by atoms with Crippen LogP contribution in [0, 0.1) is 0 Å². The van der Waals surface area contributed by atoms with E-state index in [0.717, 1.165) is 16.7 Å². The number of carbonyl (C=O) groups excluding carboxylic acids is 4. The molecule has 0 spiro atoms. The van der Waals surface area contributed by atoms with Crippen LogP contribution in [0.3, 0.4) is 0 Å². The lowest BCUT2D eigenvalue weighted by Crippen LogP contribution is -2.41. The summed E-state index contributed by atoms with van der Waals surface area (Å²) in [4.78, 5) is 47.8. The van der Waals surface area contributed by atoms with E-state index in [0.29, 0.717) is 5.02 Å². The summed E-state index contributed by atoms with van der Waals surface area (Å²) in [6.45, 7) is 1.56. The number of carbonyl (C=O) groups is 4. The summed E-state index contributed by atoms with van der Waals surface area (Å²) in [7, 11) is 0. The van der Waals surface area contributed by atoms with E-state index < -0.39 is 18.0 Å². The lowest BCUT2D eigenvalue weighted by molar-refractivity contribution is -0.130. The van der Waals surface area contributed by atoms with E-state index in [1.165, 1.54) is 25.1 Å². The van der Waals surface area contributed by atoms with Gasteiger partial charge in [-0.1, -0.05) is 35.0 Å². The molecule has 0 saturated carbocycles. The van der Waals surface area contributed by atoms with Gasteiger partial charge in [0.15, 0.2) is 6.10 Å². The molecule has 0 unspecified atom stereocenters. The monoisotopic (exact) mass is 404 g/mol. The van der Waals surface area contributed by atoms with Crippen molar-refractivity contribution in [3.63, 3.8) is 0 Å². The van der Waals surface area contributed by atoms with Crippen molar-refractivity contribution in [1.29, 1.82) is 0 Å². The Labute approximate surface area is 158 Å². The highest BCUT2D eigenvalue weighted by atomic mass is 35.5. The van der Waals surface area contributed by atoms with Gasteiger partial charge in [-0.15, -0.1) is 0 Å². The Morgan fingerprint density at radius 3 is 2.64 bits per heavy atom. The van der Waals surface area contributed by atoms with Crippen molar-refractivity contribution in [1.82, 2.24) is 10.2 Å². The van der Waals surface area contributed by atoms with E-state index in [-0.39, 0.29) is 40.6 Å². The summed E-state index contributed by atoms with van der Waals surface area (Å²) in [5.41, 5.74) is 0.166. The van der Waals surface area contributed by atoms with Gasteiger partial charge in [0.05, 0.1) is 21.4 Å². The third-order valence-corrected chi connectivity index (χ3v) is 4.88. The standard InChI is InChI=1S/C15H14Cl2N2O5S/c1-8(24-14(22)9-2-3-10(16)11(17)6-9)13(21)18-4-5-19-12(20)7-25-15(19)23/h2-3,6,8H,4-5,7H2,1H3,(H,18,21)/t8-/m0/s1. The molecule has 0 aromatic heterocycles. The van der Waals surface area contributed by atoms with Crippen LogP contribution in [-0.2, 0) is 14.3 Å². The third-order valence-electron chi connectivity index (χ3n) is 3.28. The highest BCUT2D eigenvalue weighted by molar-refractivity contribution is 8.14. The number of hydrogen-bond donors (Lipinski definition) is 1. The summed E-state index contributed by atoms with van der Waals surface area (Å²) in [6.07, 6.45) is -1.05. The number of nitrogens with one attached hydrogen (secondary N) is 1. The zero-order valence-electron chi connectivity index (χ0n) is 13.1. The molecule has 1 aromatic rings. The average molecular weight is 405 g/mol. The van der Waals surface area contributed by atoms with Crippen LogP contribution in [0.2, 0.25) is 10.0 Å². The van der Waals surface area contributed by atoms with Crippen molar-refractivity contribution in [2.75, 3.05) is 18.8 Å². The van der Waals surface area contributed by atoms with Gasteiger partial charge in [-0.05, 0) is 25.1 Å². The molecule has 1 atom stereocenters. The minimum absolute atomic E-state index is 0.0733. The number of nitrogens with zero attached hydrogens (tertiary/aromatic N) is 1. The molecule has 1 N–H and O–H groups in total. The summed E-state index contributed by atoms with van der Waals surface area (Å²) >= 11 is 12.5. The molecule has 0 bridgehead atoms. The van der Waals surface area contributed by atoms with Crippen molar-refractivity contribution in [2.24, 2.45) is 0 Å². The first-order chi connectivity index (χ1) is 11.8. The number of halogens is 2. The highest BCUT2D eigenvalue weighted by Crippen LogP contribution is 2.23. The molecule has 7 nitrogen and oxygen atoms in total. The molecule has 1 fully saturated rings. The van der Waals surface area contributed by atoms with Crippen molar-refractivity contribution >= 4 is 58.0 Å². The smallest absolute Gasteiger partial charge is 0.338 e. The van der Waals surface area contributed by atoms with Crippen LogP contribution in [0.25, 0.3) is 0 Å². The number of imide groups is 1. The minimum Gasteiger partial charge on any atom is -0.449 e. The van der Waals surface area contributed by atoms with Gasteiger partial charge < -0.3 is 10.1 Å². The molecule has 1 saturated heterocycles. The molecule has 0 radical (unpaired) electrons. The second kappa shape index (κ2) is 8.55. The third kappa shape index (κ3) is 5.10. The Bertz CT molecular complexity index is 712. The van der Waals surface area contributed by atoms with Crippen molar-refractivity contribution in [3.8, 4) is 0 Å². The van der Waals surface area contributed by atoms with Crippen molar-refractivity contribution in [2.45, 2.75) is 13.0 Å². The van der Waals surface area contributed by atoms with Gasteiger partial charge in [0.25, 0.3) is 11.1 Å². The van der Waals surface area contributed by atoms with Gasteiger partial charge in [-0.25, -0.2) is 4.79 Å². The van der Waals surface area contributed by atoms with E-state index in [1.54, 1.807) is 0 Å². The number of esters is 1. The predicted octanol–water partition coefficient (Wildman–Crippen LogP) is 2.35. The molecular formula is C15H14Cl2N2O5S. The number of benzene rings is 1. The fraction of sp³-hybridized carbons (Fsp3) is 0.333. The molecule has 1 aliphatic rings. The fourth-order valence-corrected chi connectivity index (χ4v) is 2.99. The van der Waals surface area contributed by atoms with E-state index in [4.69, 9.17) is 27.9 Å². The first kappa shape index (κ1) is 19.6. The Balaban J connectivity index is 1.81. The fourth-order valence-electron chi connectivity index (χ4n) is 1.94. The zero-order chi connectivity index (χ0) is 18.6. The van der Waals surface area contributed by atoms with Crippen LogP contribution in [0.5, 0.6) is 0 Å².